The van der Waals surface area contributed by atoms with Crippen molar-refractivity contribution in [3.8, 4) is 5.75 Å². The van der Waals surface area contributed by atoms with Crippen molar-refractivity contribution in [2.45, 2.75) is 26.3 Å². The number of carbonyl (C=O) groups excluding carboxylic acids is 1. The number of carbonyl (C=O) groups is 2. The second kappa shape index (κ2) is 6.74. The summed E-state index contributed by atoms with van der Waals surface area (Å²) < 4.78 is 0.834. The van der Waals surface area contributed by atoms with Gasteiger partial charge < -0.3 is 15.1 Å². The Kier molecular flexibility index (Phi) is 5.59. The van der Waals surface area contributed by atoms with Gasteiger partial charge in [0.15, 0.2) is 0 Å². The van der Waals surface area contributed by atoms with Crippen molar-refractivity contribution in [2.75, 3.05) is 6.54 Å². The summed E-state index contributed by atoms with van der Waals surface area (Å²) in [7, 11) is 0. The molecule has 0 spiro atoms. The Morgan fingerprint density at radius 3 is 2.58 bits per heavy atom. The predicted molar refractivity (Wildman–Crippen MR) is 79.2 cm³/mol. The number of phenols is 1. The average molecular weight is 377 g/mol. The maximum atomic E-state index is 12.3. The summed E-state index contributed by atoms with van der Waals surface area (Å²) in [4.78, 5) is 24.5. The standard InChI is InChI=1S/C13H16INO4/c1-3-15(8(2)6-12(17)18)13(19)10-7-9(14)4-5-11(10)16/h4-5,7-8,16H,3,6H2,1-2H3,(H,17,18). The second-order valence-corrected chi connectivity index (χ2v) is 5.45. The first-order valence-corrected chi connectivity index (χ1v) is 6.96. The van der Waals surface area contributed by atoms with E-state index in [0.29, 0.717) is 6.54 Å². The fourth-order valence-corrected chi connectivity index (χ4v) is 2.34. The summed E-state index contributed by atoms with van der Waals surface area (Å²) in [6.07, 6.45) is -0.121. The smallest absolute Gasteiger partial charge is 0.305 e. The van der Waals surface area contributed by atoms with Gasteiger partial charge in [0.2, 0.25) is 0 Å². The van der Waals surface area contributed by atoms with Crippen LogP contribution in [-0.2, 0) is 4.79 Å². The minimum atomic E-state index is -0.953. The van der Waals surface area contributed by atoms with Crippen molar-refractivity contribution in [1.82, 2.24) is 4.90 Å². The number of rotatable bonds is 5. The van der Waals surface area contributed by atoms with Crippen molar-refractivity contribution < 1.29 is 19.8 Å². The van der Waals surface area contributed by atoms with E-state index < -0.39 is 12.0 Å². The summed E-state index contributed by atoms with van der Waals surface area (Å²) >= 11 is 2.05. The molecule has 2 N–H and O–H groups in total. The number of hydrogen-bond donors (Lipinski definition) is 2. The highest BCUT2D eigenvalue weighted by atomic mass is 127. The maximum Gasteiger partial charge on any atom is 0.305 e. The number of halogens is 1. The number of hydrogen-bond acceptors (Lipinski definition) is 3. The Bertz CT molecular complexity index is 490. The van der Waals surface area contributed by atoms with Crippen LogP contribution in [0.4, 0.5) is 0 Å². The second-order valence-electron chi connectivity index (χ2n) is 4.20. The molecule has 0 aromatic heterocycles. The molecule has 1 unspecified atom stereocenters. The van der Waals surface area contributed by atoms with Gasteiger partial charge in [-0.3, -0.25) is 9.59 Å². The number of nitrogens with zero attached hydrogens (tertiary/aromatic N) is 1. The summed E-state index contributed by atoms with van der Waals surface area (Å²) in [6, 6.07) is 4.33. The maximum absolute atomic E-state index is 12.3. The van der Waals surface area contributed by atoms with E-state index in [1.54, 1.807) is 26.0 Å². The number of phenolic OH excluding ortho intramolecular Hbond substituents is 1. The molecular formula is C13H16INO4. The van der Waals surface area contributed by atoms with E-state index in [0.717, 1.165) is 3.57 Å². The van der Waals surface area contributed by atoms with Crippen molar-refractivity contribution in [2.24, 2.45) is 0 Å². The molecule has 0 aliphatic heterocycles. The third-order valence-electron chi connectivity index (χ3n) is 2.79. The largest absolute Gasteiger partial charge is 0.507 e. The van der Waals surface area contributed by atoms with Crippen molar-refractivity contribution in [3.63, 3.8) is 0 Å². The third kappa shape index (κ3) is 4.09. The van der Waals surface area contributed by atoms with Crippen LogP contribution in [0.25, 0.3) is 0 Å². The molecule has 5 nitrogen and oxygen atoms in total. The Morgan fingerprint density at radius 1 is 1.42 bits per heavy atom. The summed E-state index contributed by atoms with van der Waals surface area (Å²) in [6.45, 7) is 3.85. The Morgan fingerprint density at radius 2 is 2.05 bits per heavy atom. The quantitative estimate of drug-likeness (QED) is 0.773. The zero-order valence-electron chi connectivity index (χ0n) is 10.8. The molecule has 0 bridgehead atoms. The molecule has 0 aliphatic carbocycles. The monoisotopic (exact) mass is 377 g/mol. The normalized spacial score (nSPS) is 11.9. The fraction of sp³-hybridized carbons (Fsp3) is 0.385. The third-order valence-corrected chi connectivity index (χ3v) is 3.46. The summed E-state index contributed by atoms with van der Waals surface area (Å²) in [5, 5.41) is 18.5. The Labute approximate surface area is 125 Å². The molecule has 1 aromatic carbocycles. The number of carboxylic acid groups (broad SMARTS) is 1. The van der Waals surface area contributed by atoms with Gasteiger partial charge in [0.05, 0.1) is 12.0 Å². The van der Waals surface area contributed by atoms with Gasteiger partial charge in [0.25, 0.3) is 5.91 Å². The van der Waals surface area contributed by atoms with Crippen LogP contribution in [0.2, 0.25) is 0 Å². The van der Waals surface area contributed by atoms with Crippen LogP contribution in [-0.4, -0.2) is 39.6 Å². The van der Waals surface area contributed by atoms with Gasteiger partial charge in [-0.05, 0) is 54.6 Å². The van der Waals surface area contributed by atoms with Crippen molar-refractivity contribution >= 4 is 34.5 Å². The molecule has 0 saturated heterocycles. The molecule has 0 fully saturated rings. The molecule has 19 heavy (non-hydrogen) atoms. The van der Waals surface area contributed by atoms with Crippen LogP contribution in [0.15, 0.2) is 18.2 Å². The molecule has 0 saturated carbocycles. The van der Waals surface area contributed by atoms with E-state index in [9.17, 15) is 14.7 Å². The molecule has 1 amide bonds. The van der Waals surface area contributed by atoms with Crippen molar-refractivity contribution in [1.29, 1.82) is 0 Å². The van der Waals surface area contributed by atoms with Crippen LogP contribution in [0, 0.1) is 3.57 Å². The van der Waals surface area contributed by atoms with Gasteiger partial charge in [-0.25, -0.2) is 0 Å². The first-order chi connectivity index (χ1) is 8.86. The lowest BCUT2D eigenvalue weighted by Crippen LogP contribution is -2.39. The van der Waals surface area contributed by atoms with Gasteiger partial charge in [-0.15, -0.1) is 0 Å². The first kappa shape index (κ1) is 15.7. The minimum absolute atomic E-state index is 0.0913. The SMILES string of the molecule is CCN(C(=O)c1cc(I)ccc1O)C(C)CC(=O)O. The summed E-state index contributed by atoms with van der Waals surface area (Å²) in [5.74, 6) is -1.40. The zero-order valence-corrected chi connectivity index (χ0v) is 12.9. The van der Waals surface area contributed by atoms with Crippen molar-refractivity contribution in [3.05, 3.63) is 27.3 Å². The number of aromatic hydroxyl groups is 1. The Hall–Kier alpha value is -1.31. The number of benzene rings is 1. The number of aliphatic carboxylic acids is 1. The number of amides is 1. The Balaban J connectivity index is 3.01. The molecule has 0 radical (unpaired) electrons. The van der Waals surface area contributed by atoms with E-state index in [4.69, 9.17) is 5.11 Å². The van der Waals surface area contributed by atoms with Gasteiger partial charge >= 0.3 is 5.97 Å². The number of carboxylic acids is 1. The lowest BCUT2D eigenvalue weighted by atomic mass is 10.1. The minimum Gasteiger partial charge on any atom is -0.507 e. The van der Waals surface area contributed by atoms with Gasteiger partial charge in [-0.2, -0.15) is 0 Å². The molecule has 1 atom stereocenters. The molecular weight excluding hydrogens is 361 g/mol. The first-order valence-electron chi connectivity index (χ1n) is 5.88. The fourth-order valence-electron chi connectivity index (χ4n) is 1.85. The van der Waals surface area contributed by atoms with Crippen LogP contribution in [0.3, 0.4) is 0 Å². The van der Waals surface area contributed by atoms with E-state index in [1.165, 1.54) is 11.0 Å². The van der Waals surface area contributed by atoms with E-state index >= 15 is 0 Å². The van der Waals surface area contributed by atoms with Crippen LogP contribution in [0.5, 0.6) is 5.75 Å². The lowest BCUT2D eigenvalue weighted by Gasteiger charge is -2.27. The predicted octanol–water partition coefficient (Wildman–Crippen LogP) is 2.32. The molecule has 0 heterocycles. The van der Waals surface area contributed by atoms with Crippen LogP contribution < -0.4 is 0 Å². The van der Waals surface area contributed by atoms with Gasteiger partial charge in [-0.1, -0.05) is 0 Å². The zero-order chi connectivity index (χ0) is 14.6. The van der Waals surface area contributed by atoms with E-state index in [-0.39, 0.29) is 23.6 Å². The highest BCUT2D eigenvalue weighted by molar-refractivity contribution is 14.1. The van der Waals surface area contributed by atoms with Crippen LogP contribution >= 0.6 is 22.6 Å². The van der Waals surface area contributed by atoms with E-state index in [1.807, 2.05) is 0 Å². The highest BCUT2D eigenvalue weighted by Gasteiger charge is 2.24. The lowest BCUT2D eigenvalue weighted by molar-refractivity contribution is -0.138. The van der Waals surface area contributed by atoms with Crippen LogP contribution in [0.1, 0.15) is 30.6 Å². The average Bonchev–Trinajstić information content (AvgIpc) is 2.32. The molecule has 6 heteroatoms. The van der Waals surface area contributed by atoms with Gasteiger partial charge in [0, 0.05) is 16.2 Å². The highest BCUT2D eigenvalue weighted by Crippen LogP contribution is 2.22. The van der Waals surface area contributed by atoms with Gasteiger partial charge in [0.1, 0.15) is 5.75 Å². The molecule has 1 aromatic rings. The van der Waals surface area contributed by atoms with E-state index in [2.05, 4.69) is 22.6 Å². The molecule has 104 valence electrons. The molecule has 1 rings (SSSR count). The topological polar surface area (TPSA) is 77.8 Å². The molecule has 0 aliphatic rings. The summed E-state index contributed by atoms with van der Waals surface area (Å²) in [5.41, 5.74) is 0.200.